The molecule has 1 unspecified atom stereocenters. The highest BCUT2D eigenvalue weighted by molar-refractivity contribution is 7.11. The van der Waals surface area contributed by atoms with E-state index in [0.717, 1.165) is 27.7 Å². The summed E-state index contributed by atoms with van der Waals surface area (Å²) >= 11 is 1.48. The Morgan fingerprint density at radius 3 is 2.47 bits per heavy atom. The van der Waals surface area contributed by atoms with Crippen LogP contribution in [0.25, 0.3) is 0 Å². The fourth-order valence-electron chi connectivity index (χ4n) is 1.69. The minimum Gasteiger partial charge on any atom is -0.320 e. The number of benzene rings is 1. The Labute approximate surface area is 102 Å². The molecule has 0 saturated heterocycles. The van der Waals surface area contributed by atoms with Crippen LogP contribution in [0.2, 0.25) is 0 Å². The summed E-state index contributed by atoms with van der Waals surface area (Å²) in [4.78, 5) is 5.15. The standard InChI is InChI=1S/C12H12F2N2S/c1-6-12(17-7(2)16-6)11(15)8-3-4-9(13)10(14)5-8/h3-5,11H,15H2,1-2H3. The molecule has 0 spiro atoms. The molecule has 0 aliphatic carbocycles. The Balaban J connectivity index is 2.40. The first kappa shape index (κ1) is 12.1. The summed E-state index contributed by atoms with van der Waals surface area (Å²) in [5.74, 6) is -1.74. The molecule has 2 N–H and O–H groups in total. The number of hydrogen-bond acceptors (Lipinski definition) is 3. The molecule has 0 fully saturated rings. The van der Waals surface area contributed by atoms with Crippen LogP contribution in [0.4, 0.5) is 8.78 Å². The van der Waals surface area contributed by atoms with Gasteiger partial charge in [-0.05, 0) is 31.5 Å². The third-order valence-corrected chi connectivity index (χ3v) is 3.68. The maximum atomic E-state index is 13.1. The van der Waals surface area contributed by atoms with Gasteiger partial charge < -0.3 is 5.73 Å². The Kier molecular flexibility index (Phi) is 3.22. The van der Waals surface area contributed by atoms with Gasteiger partial charge in [-0.2, -0.15) is 0 Å². The molecular formula is C12H12F2N2S. The first-order valence-electron chi connectivity index (χ1n) is 5.13. The van der Waals surface area contributed by atoms with Gasteiger partial charge >= 0.3 is 0 Å². The lowest BCUT2D eigenvalue weighted by molar-refractivity contribution is 0.506. The lowest BCUT2D eigenvalue weighted by Gasteiger charge is -2.11. The second-order valence-electron chi connectivity index (χ2n) is 3.83. The average molecular weight is 254 g/mol. The van der Waals surface area contributed by atoms with E-state index in [-0.39, 0.29) is 0 Å². The van der Waals surface area contributed by atoms with E-state index < -0.39 is 17.7 Å². The van der Waals surface area contributed by atoms with Gasteiger partial charge in [0.25, 0.3) is 0 Å². The predicted octanol–water partition coefficient (Wildman–Crippen LogP) is 3.09. The predicted molar refractivity (Wildman–Crippen MR) is 64.0 cm³/mol. The third-order valence-electron chi connectivity index (χ3n) is 2.52. The number of hydrogen-bond donors (Lipinski definition) is 1. The van der Waals surface area contributed by atoms with E-state index in [1.165, 1.54) is 17.4 Å². The average Bonchev–Trinajstić information content (AvgIpc) is 2.61. The molecule has 0 bridgehead atoms. The number of aryl methyl sites for hydroxylation is 2. The number of thiazole rings is 1. The van der Waals surface area contributed by atoms with Crippen molar-refractivity contribution in [3.63, 3.8) is 0 Å². The minimum absolute atomic E-state index is 0.462. The fourth-order valence-corrected chi connectivity index (χ4v) is 2.65. The van der Waals surface area contributed by atoms with Gasteiger partial charge in [-0.25, -0.2) is 13.8 Å². The lowest BCUT2D eigenvalue weighted by Crippen LogP contribution is -2.12. The Hall–Kier alpha value is -1.33. The molecule has 5 heteroatoms. The van der Waals surface area contributed by atoms with Crippen molar-refractivity contribution in [2.24, 2.45) is 5.73 Å². The van der Waals surface area contributed by atoms with Crippen LogP contribution in [0.5, 0.6) is 0 Å². The lowest BCUT2D eigenvalue weighted by atomic mass is 10.1. The van der Waals surface area contributed by atoms with E-state index in [4.69, 9.17) is 5.73 Å². The first-order valence-corrected chi connectivity index (χ1v) is 5.95. The van der Waals surface area contributed by atoms with Crippen LogP contribution in [0.15, 0.2) is 18.2 Å². The zero-order valence-corrected chi connectivity index (χ0v) is 10.3. The van der Waals surface area contributed by atoms with Crippen LogP contribution >= 0.6 is 11.3 Å². The van der Waals surface area contributed by atoms with Crippen molar-refractivity contribution in [2.45, 2.75) is 19.9 Å². The molecule has 1 heterocycles. The second-order valence-corrected chi connectivity index (χ2v) is 5.07. The number of nitrogens with two attached hydrogens (primary N) is 1. The molecule has 0 radical (unpaired) electrons. The smallest absolute Gasteiger partial charge is 0.159 e. The molecule has 0 amide bonds. The summed E-state index contributed by atoms with van der Waals surface area (Å²) in [5.41, 5.74) is 7.42. The topological polar surface area (TPSA) is 38.9 Å². The maximum absolute atomic E-state index is 13.1. The van der Waals surface area contributed by atoms with Crippen LogP contribution in [0.1, 0.15) is 27.2 Å². The SMILES string of the molecule is Cc1nc(C)c(C(N)c2ccc(F)c(F)c2)s1. The van der Waals surface area contributed by atoms with Crippen molar-refractivity contribution in [1.29, 1.82) is 0 Å². The normalized spacial score (nSPS) is 12.8. The van der Waals surface area contributed by atoms with Gasteiger partial charge in [0.15, 0.2) is 11.6 Å². The van der Waals surface area contributed by atoms with Gasteiger partial charge in [0.2, 0.25) is 0 Å². The Morgan fingerprint density at radius 2 is 1.94 bits per heavy atom. The van der Waals surface area contributed by atoms with Crippen molar-refractivity contribution in [1.82, 2.24) is 4.98 Å². The van der Waals surface area contributed by atoms with Gasteiger partial charge in [-0.1, -0.05) is 6.07 Å². The van der Waals surface area contributed by atoms with Crippen LogP contribution < -0.4 is 5.73 Å². The summed E-state index contributed by atoms with van der Waals surface area (Å²) in [6, 6.07) is 3.26. The minimum atomic E-state index is -0.878. The zero-order chi connectivity index (χ0) is 12.6. The molecule has 2 nitrogen and oxygen atoms in total. The highest BCUT2D eigenvalue weighted by atomic mass is 32.1. The van der Waals surface area contributed by atoms with Crippen molar-refractivity contribution in [2.75, 3.05) is 0 Å². The molecule has 1 atom stereocenters. The summed E-state index contributed by atoms with van der Waals surface area (Å²) in [6.45, 7) is 3.75. The van der Waals surface area contributed by atoms with Crippen LogP contribution in [-0.2, 0) is 0 Å². The van der Waals surface area contributed by atoms with Crippen LogP contribution in [0, 0.1) is 25.5 Å². The van der Waals surface area contributed by atoms with Gasteiger partial charge in [-0.15, -0.1) is 11.3 Å². The summed E-state index contributed by atoms with van der Waals surface area (Å²) in [5, 5.41) is 0.913. The Morgan fingerprint density at radius 1 is 1.24 bits per heavy atom. The van der Waals surface area contributed by atoms with Gasteiger partial charge in [0.05, 0.1) is 16.7 Å². The van der Waals surface area contributed by atoms with E-state index in [1.54, 1.807) is 0 Å². The largest absolute Gasteiger partial charge is 0.320 e. The molecule has 2 rings (SSSR count). The van der Waals surface area contributed by atoms with E-state index in [2.05, 4.69) is 4.98 Å². The summed E-state index contributed by atoms with van der Waals surface area (Å²) in [7, 11) is 0. The summed E-state index contributed by atoms with van der Waals surface area (Å²) < 4.78 is 25.9. The van der Waals surface area contributed by atoms with Gasteiger partial charge in [0, 0.05) is 4.88 Å². The van der Waals surface area contributed by atoms with Crippen LogP contribution in [0.3, 0.4) is 0 Å². The van der Waals surface area contributed by atoms with Gasteiger partial charge in [-0.3, -0.25) is 0 Å². The zero-order valence-electron chi connectivity index (χ0n) is 9.50. The second kappa shape index (κ2) is 4.50. The van der Waals surface area contributed by atoms with E-state index in [0.29, 0.717) is 5.56 Å². The highest BCUT2D eigenvalue weighted by Crippen LogP contribution is 2.28. The molecule has 1 aromatic carbocycles. The van der Waals surface area contributed by atoms with E-state index >= 15 is 0 Å². The van der Waals surface area contributed by atoms with Crippen molar-refractivity contribution >= 4 is 11.3 Å². The molecule has 0 saturated carbocycles. The fraction of sp³-hybridized carbons (Fsp3) is 0.250. The third kappa shape index (κ3) is 2.35. The number of nitrogens with zero attached hydrogens (tertiary/aromatic N) is 1. The van der Waals surface area contributed by atoms with Crippen molar-refractivity contribution in [3.8, 4) is 0 Å². The first-order chi connectivity index (χ1) is 7.99. The molecule has 0 aliphatic rings. The van der Waals surface area contributed by atoms with Gasteiger partial charge in [0.1, 0.15) is 0 Å². The highest BCUT2D eigenvalue weighted by Gasteiger charge is 2.16. The maximum Gasteiger partial charge on any atom is 0.159 e. The van der Waals surface area contributed by atoms with Crippen molar-refractivity contribution in [3.05, 3.63) is 51.0 Å². The summed E-state index contributed by atoms with van der Waals surface area (Å²) in [6.07, 6.45) is 0. The molecule has 1 aromatic heterocycles. The number of aromatic nitrogens is 1. The van der Waals surface area contributed by atoms with Crippen molar-refractivity contribution < 1.29 is 8.78 Å². The number of halogens is 2. The molecular weight excluding hydrogens is 242 g/mol. The van der Waals surface area contributed by atoms with E-state index in [9.17, 15) is 8.78 Å². The molecule has 90 valence electrons. The van der Waals surface area contributed by atoms with E-state index in [1.807, 2.05) is 13.8 Å². The quantitative estimate of drug-likeness (QED) is 0.894. The number of rotatable bonds is 2. The molecule has 2 aromatic rings. The van der Waals surface area contributed by atoms with Crippen LogP contribution in [-0.4, -0.2) is 4.98 Å². The Bertz CT molecular complexity index is 551. The monoisotopic (exact) mass is 254 g/mol. The molecule has 17 heavy (non-hydrogen) atoms. The molecule has 0 aliphatic heterocycles.